The summed E-state index contributed by atoms with van der Waals surface area (Å²) in [6.45, 7) is 6.77. The molecule has 1 aromatic rings. The first kappa shape index (κ1) is 12.8. The van der Waals surface area contributed by atoms with E-state index in [4.69, 9.17) is 0 Å². The molecule has 1 aliphatic heterocycles. The molecule has 0 bridgehead atoms. The maximum Gasteiger partial charge on any atom is 0.274 e. The molecule has 0 saturated carbocycles. The Balaban J connectivity index is 2.35. The van der Waals surface area contributed by atoms with Crippen LogP contribution in [0.1, 0.15) is 18.9 Å². The second-order valence-electron chi connectivity index (χ2n) is 4.61. The SMILES string of the molecule is CCN(c1cccc([N+](=O)[O-])c1C)C1CCNC1. The average Bonchev–Trinajstić information content (AvgIpc) is 2.85. The quantitative estimate of drug-likeness (QED) is 0.655. The molecule has 0 aromatic heterocycles. The topological polar surface area (TPSA) is 58.4 Å². The van der Waals surface area contributed by atoms with Gasteiger partial charge in [-0.05, 0) is 32.9 Å². The van der Waals surface area contributed by atoms with Crippen molar-refractivity contribution in [1.29, 1.82) is 0 Å². The highest BCUT2D eigenvalue weighted by molar-refractivity contribution is 5.62. The van der Waals surface area contributed by atoms with Gasteiger partial charge in [-0.15, -0.1) is 0 Å². The zero-order valence-electron chi connectivity index (χ0n) is 10.8. The number of rotatable bonds is 4. The van der Waals surface area contributed by atoms with E-state index in [0.29, 0.717) is 6.04 Å². The van der Waals surface area contributed by atoms with Crippen molar-refractivity contribution >= 4 is 11.4 Å². The molecule has 18 heavy (non-hydrogen) atoms. The zero-order chi connectivity index (χ0) is 13.1. The molecule has 1 heterocycles. The van der Waals surface area contributed by atoms with Gasteiger partial charge < -0.3 is 10.2 Å². The molecule has 1 atom stereocenters. The van der Waals surface area contributed by atoms with E-state index in [2.05, 4.69) is 17.1 Å². The minimum absolute atomic E-state index is 0.205. The van der Waals surface area contributed by atoms with E-state index in [1.54, 1.807) is 12.1 Å². The Kier molecular flexibility index (Phi) is 3.81. The second kappa shape index (κ2) is 5.35. The second-order valence-corrected chi connectivity index (χ2v) is 4.61. The fraction of sp³-hybridized carbons (Fsp3) is 0.538. The minimum Gasteiger partial charge on any atom is -0.367 e. The molecule has 1 aliphatic rings. The Morgan fingerprint density at radius 2 is 2.33 bits per heavy atom. The van der Waals surface area contributed by atoms with Crippen molar-refractivity contribution in [2.24, 2.45) is 0 Å². The molecule has 0 spiro atoms. The first-order chi connectivity index (χ1) is 8.65. The molecular formula is C13H19N3O2. The third-order valence-electron chi connectivity index (χ3n) is 3.60. The van der Waals surface area contributed by atoms with E-state index in [-0.39, 0.29) is 10.6 Å². The van der Waals surface area contributed by atoms with Gasteiger partial charge in [0.1, 0.15) is 0 Å². The monoisotopic (exact) mass is 249 g/mol. The van der Waals surface area contributed by atoms with Gasteiger partial charge in [0.25, 0.3) is 5.69 Å². The Morgan fingerprint density at radius 3 is 2.89 bits per heavy atom. The van der Waals surface area contributed by atoms with E-state index in [1.807, 2.05) is 13.0 Å². The molecule has 0 amide bonds. The Labute approximate surface area is 107 Å². The summed E-state index contributed by atoms with van der Waals surface area (Å²) in [5.74, 6) is 0. The van der Waals surface area contributed by atoms with Gasteiger partial charge in [-0.25, -0.2) is 0 Å². The fourth-order valence-corrected chi connectivity index (χ4v) is 2.65. The fourth-order valence-electron chi connectivity index (χ4n) is 2.65. The first-order valence-corrected chi connectivity index (χ1v) is 6.36. The highest BCUT2D eigenvalue weighted by Crippen LogP contribution is 2.30. The van der Waals surface area contributed by atoms with Crippen molar-refractivity contribution in [3.63, 3.8) is 0 Å². The summed E-state index contributed by atoms with van der Waals surface area (Å²) < 4.78 is 0. The van der Waals surface area contributed by atoms with Gasteiger partial charge in [-0.1, -0.05) is 6.07 Å². The summed E-state index contributed by atoms with van der Waals surface area (Å²) in [5.41, 5.74) is 1.95. The van der Waals surface area contributed by atoms with E-state index in [9.17, 15) is 10.1 Å². The third kappa shape index (κ3) is 2.31. The van der Waals surface area contributed by atoms with Gasteiger partial charge in [0.05, 0.1) is 10.5 Å². The van der Waals surface area contributed by atoms with Crippen LogP contribution in [0.25, 0.3) is 0 Å². The first-order valence-electron chi connectivity index (χ1n) is 6.36. The Morgan fingerprint density at radius 1 is 1.56 bits per heavy atom. The maximum atomic E-state index is 11.0. The predicted molar refractivity (Wildman–Crippen MR) is 72.1 cm³/mol. The van der Waals surface area contributed by atoms with Crippen molar-refractivity contribution in [3.8, 4) is 0 Å². The number of anilines is 1. The molecular weight excluding hydrogens is 230 g/mol. The van der Waals surface area contributed by atoms with Gasteiger partial charge in [-0.2, -0.15) is 0 Å². The van der Waals surface area contributed by atoms with Gasteiger partial charge in [0, 0.05) is 30.9 Å². The van der Waals surface area contributed by atoms with Crippen LogP contribution in [0, 0.1) is 17.0 Å². The normalized spacial score (nSPS) is 18.9. The number of nitrogens with one attached hydrogen (secondary N) is 1. The number of nitrogens with zero attached hydrogens (tertiary/aromatic N) is 2. The van der Waals surface area contributed by atoms with Crippen LogP contribution in [0.4, 0.5) is 11.4 Å². The van der Waals surface area contributed by atoms with Crippen molar-refractivity contribution in [2.45, 2.75) is 26.3 Å². The predicted octanol–water partition coefficient (Wildman–Crippen LogP) is 2.09. The summed E-state index contributed by atoms with van der Waals surface area (Å²) in [4.78, 5) is 12.9. The number of hydrogen-bond donors (Lipinski definition) is 1. The smallest absolute Gasteiger partial charge is 0.274 e. The highest BCUT2D eigenvalue weighted by Gasteiger charge is 2.24. The molecule has 5 heteroatoms. The van der Waals surface area contributed by atoms with Crippen LogP contribution in [-0.4, -0.2) is 30.6 Å². The van der Waals surface area contributed by atoms with E-state index >= 15 is 0 Å². The largest absolute Gasteiger partial charge is 0.367 e. The number of hydrogen-bond acceptors (Lipinski definition) is 4. The summed E-state index contributed by atoms with van der Waals surface area (Å²) in [7, 11) is 0. The van der Waals surface area contributed by atoms with Crippen LogP contribution in [-0.2, 0) is 0 Å². The lowest BCUT2D eigenvalue weighted by Gasteiger charge is -2.30. The summed E-state index contributed by atoms with van der Waals surface area (Å²) >= 11 is 0. The molecule has 1 N–H and O–H groups in total. The molecule has 98 valence electrons. The van der Waals surface area contributed by atoms with Crippen molar-refractivity contribution in [3.05, 3.63) is 33.9 Å². The standard InChI is InChI=1S/C13H19N3O2/c1-3-15(11-7-8-14-9-11)12-5-4-6-13(10(12)2)16(17)18/h4-6,11,14H,3,7-9H2,1-2H3. The molecule has 2 rings (SSSR count). The summed E-state index contributed by atoms with van der Waals surface area (Å²) in [6, 6.07) is 5.76. The van der Waals surface area contributed by atoms with Crippen LogP contribution < -0.4 is 10.2 Å². The lowest BCUT2D eigenvalue weighted by molar-refractivity contribution is -0.385. The Bertz CT molecular complexity index is 442. The molecule has 1 aromatic carbocycles. The van der Waals surface area contributed by atoms with Crippen LogP contribution in [0.3, 0.4) is 0 Å². The summed E-state index contributed by atoms with van der Waals surface area (Å²) in [6.07, 6.45) is 1.09. The van der Waals surface area contributed by atoms with Crippen LogP contribution in [0.5, 0.6) is 0 Å². The van der Waals surface area contributed by atoms with Gasteiger partial charge in [-0.3, -0.25) is 10.1 Å². The van der Waals surface area contributed by atoms with Crippen molar-refractivity contribution in [2.75, 3.05) is 24.5 Å². The number of nitro benzene ring substituents is 1. The molecule has 0 aliphatic carbocycles. The number of benzene rings is 1. The average molecular weight is 249 g/mol. The highest BCUT2D eigenvalue weighted by atomic mass is 16.6. The molecule has 0 radical (unpaired) electrons. The van der Waals surface area contributed by atoms with Crippen molar-refractivity contribution < 1.29 is 4.92 Å². The van der Waals surface area contributed by atoms with Gasteiger partial charge in [0.2, 0.25) is 0 Å². The minimum atomic E-state index is -0.306. The lowest BCUT2D eigenvalue weighted by atomic mass is 10.1. The third-order valence-corrected chi connectivity index (χ3v) is 3.60. The lowest BCUT2D eigenvalue weighted by Crippen LogP contribution is -2.37. The maximum absolute atomic E-state index is 11.0. The number of likely N-dealkylation sites (N-methyl/N-ethyl adjacent to an activating group) is 1. The Hall–Kier alpha value is -1.62. The number of nitro groups is 1. The summed E-state index contributed by atoms with van der Waals surface area (Å²) in [5, 5.41) is 14.3. The van der Waals surface area contributed by atoms with Crippen molar-refractivity contribution in [1.82, 2.24) is 5.32 Å². The molecule has 1 fully saturated rings. The van der Waals surface area contributed by atoms with Crippen LogP contribution in [0.2, 0.25) is 0 Å². The van der Waals surface area contributed by atoms with E-state index < -0.39 is 0 Å². The molecule has 1 saturated heterocycles. The van der Waals surface area contributed by atoms with Gasteiger partial charge >= 0.3 is 0 Å². The zero-order valence-corrected chi connectivity index (χ0v) is 10.8. The molecule has 5 nitrogen and oxygen atoms in total. The van der Waals surface area contributed by atoms with E-state index in [0.717, 1.165) is 37.3 Å². The van der Waals surface area contributed by atoms with E-state index in [1.165, 1.54) is 0 Å². The van der Waals surface area contributed by atoms with Crippen LogP contribution >= 0.6 is 0 Å². The van der Waals surface area contributed by atoms with Crippen LogP contribution in [0.15, 0.2) is 18.2 Å². The molecule has 1 unspecified atom stereocenters. The van der Waals surface area contributed by atoms with Gasteiger partial charge in [0.15, 0.2) is 0 Å².